The van der Waals surface area contributed by atoms with Crippen molar-refractivity contribution in [3.63, 3.8) is 0 Å². The summed E-state index contributed by atoms with van der Waals surface area (Å²) in [5.74, 6) is -0.724. The number of carboxylic acids is 1. The number of amides is 1. The van der Waals surface area contributed by atoms with E-state index in [9.17, 15) is 14.7 Å². The molecule has 2 atom stereocenters. The van der Waals surface area contributed by atoms with Gasteiger partial charge in [-0.15, -0.1) is 0 Å². The van der Waals surface area contributed by atoms with Crippen LogP contribution in [0.1, 0.15) is 5.56 Å². The number of carbonyl (C=O) groups excluding carboxylic acids is 1. The van der Waals surface area contributed by atoms with Gasteiger partial charge in [0.1, 0.15) is 12.4 Å². The Hall–Kier alpha value is -2.08. The second kappa shape index (κ2) is 5.73. The largest absolute Gasteiger partial charge is 0.492 e. The predicted molar refractivity (Wildman–Crippen MR) is 73.1 cm³/mol. The lowest BCUT2D eigenvalue weighted by Crippen LogP contribution is -2.55. The molecular formula is C15H17NO5. The summed E-state index contributed by atoms with van der Waals surface area (Å²) >= 11 is 0. The molecule has 21 heavy (non-hydrogen) atoms. The second-order valence-electron chi connectivity index (χ2n) is 5.28. The van der Waals surface area contributed by atoms with Gasteiger partial charge in [0, 0.05) is 6.54 Å². The van der Waals surface area contributed by atoms with Crippen molar-refractivity contribution >= 4 is 11.9 Å². The lowest BCUT2D eigenvalue weighted by Gasteiger charge is -2.36. The van der Waals surface area contributed by atoms with Crippen LogP contribution < -0.4 is 4.74 Å². The maximum absolute atomic E-state index is 12.6. The number of hydrogen-bond donors (Lipinski definition) is 1. The zero-order valence-corrected chi connectivity index (χ0v) is 11.5. The monoisotopic (exact) mass is 291 g/mol. The maximum Gasteiger partial charge on any atom is 0.328 e. The first-order valence-corrected chi connectivity index (χ1v) is 6.98. The number of hydrogen-bond acceptors (Lipinski definition) is 4. The summed E-state index contributed by atoms with van der Waals surface area (Å²) in [5, 5.41) is 9.21. The molecular weight excluding hydrogens is 274 g/mol. The van der Waals surface area contributed by atoms with Gasteiger partial charge < -0.3 is 19.5 Å². The Kier molecular flexibility index (Phi) is 3.79. The molecule has 112 valence electrons. The van der Waals surface area contributed by atoms with E-state index in [1.54, 1.807) is 0 Å². The molecule has 2 aliphatic rings. The standard InChI is InChI=1S/C15H17NO5/c17-14(16-5-6-20-9-12(16)15(18)19)11-7-10-3-1-2-4-13(10)21-8-11/h1-4,11-12H,5-9H2,(H,18,19). The van der Waals surface area contributed by atoms with E-state index in [1.807, 2.05) is 24.3 Å². The first-order valence-electron chi connectivity index (χ1n) is 6.98. The summed E-state index contributed by atoms with van der Waals surface area (Å²) < 4.78 is 10.8. The number of carboxylic acid groups (broad SMARTS) is 1. The van der Waals surface area contributed by atoms with Crippen molar-refractivity contribution in [1.82, 2.24) is 4.90 Å². The van der Waals surface area contributed by atoms with Gasteiger partial charge in [0.15, 0.2) is 6.04 Å². The van der Waals surface area contributed by atoms with Crippen LogP contribution in [0, 0.1) is 5.92 Å². The van der Waals surface area contributed by atoms with Crippen LogP contribution in [0.2, 0.25) is 0 Å². The summed E-state index contributed by atoms with van der Waals surface area (Å²) in [7, 11) is 0. The summed E-state index contributed by atoms with van der Waals surface area (Å²) in [6.45, 7) is 1.03. The summed E-state index contributed by atoms with van der Waals surface area (Å²) in [5.41, 5.74) is 0.988. The van der Waals surface area contributed by atoms with Crippen LogP contribution in [0.4, 0.5) is 0 Å². The van der Waals surface area contributed by atoms with Gasteiger partial charge in [-0.05, 0) is 18.1 Å². The Labute approximate surface area is 122 Å². The molecule has 0 saturated carbocycles. The fraction of sp³-hybridized carbons (Fsp3) is 0.467. The Morgan fingerprint density at radius 2 is 2.05 bits per heavy atom. The molecule has 6 heteroatoms. The number of fused-ring (bicyclic) bond motifs is 1. The summed E-state index contributed by atoms with van der Waals surface area (Å²) in [6.07, 6.45) is 0.582. The van der Waals surface area contributed by atoms with Crippen molar-refractivity contribution in [2.24, 2.45) is 5.92 Å². The number of rotatable bonds is 2. The molecule has 0 radical (unpaired) electrons. The molecule has 0 bridgehead atoms. The third-order valence-electron chi connectivity index (χ3n) is 3.92. The van der Waals surface area contributed by atoms with Crippen LogP contribution in [-0.2, 0) is 20.7 Å². The van der Waals surface area contributed by atoms with Gasteiger partial charge in [0.25, 0.3) is 0 Å². The van der Waals surface area contributed by atoms with Crippen LogP contribution in [0.3, 0.4) is 0 Å². The Balaban J connectivity index is 1.75. The van der Waals surface area contributed by atoms with E-state index in [0.717, 1.165) is 11.3 Å². The smallest absolute Gasteiger partial charge is 0.328 e. The Morgan fingerprint density at radius 1 is 1.24 bits per heavy atom. The number of benzene rings is 1. The molecule has 1 aromatic rings. The zero-order chi connectivity index (χ0) is 14.8. The molecule has 2 heterocycles. The van der Waals surface area contributed by atoms with Crippen LogP contribution in [0.25, 0.3) is 0 Å². The molecule has 1 saturated heterocycles. The molecule has 0 aliphatic carbocycles. The summed E-state index contributed by atoms with van der Waals surface area (Å²) in [4.78, 5) is 25.3. The van der Waals surface area contributed by atoms with E-state index < -0.39 is 12.0 Å². The van der Waals surface area contributed by atoms with Gasteiger partial charge >= 0.3 is 5.97 Å². The molecule has 0 aromatic heterocycles. The van der Waals surface area contributed by atoms with E-state index in [4.69, 9.17) is 9.47 Å². The number of ether oxygens (including phenoxy) is 2. The third kappa shape index (κ3) is 2.71. The van der Waals surface area contributed by atoms with Crippen molar-refractivity contribution in [3.8, 4) is 5.75 Å². The quantitative estimate of drug-likeness (QED) is 0.861. The van der Waals surface area contributed by atoms with Gasteiger partial charge in [-0.25, -0.2) is 4.79 Å². The van der Waals surface area contributed by atoms with Gasteiger partial charge in [-0.2, -0.15) is 0 Å². The van der Waals surface area contributed by atoms with Crippen molar-refractivity contribution < 1.29 is 24.2 Å². The van der Waals surface area contributed by atoms with Crippen LogP contribution in [-0.4, -0.2) is 54.3 Å². The van der Waals surface area contributed by atoms with E-state index in [-0.39, 0.29) is 18.4 Å². The zero-order valence-electron chi connectivity index (χ0n) is 11.5. The second-order valence-corrected chi connectivity index (χ2v) is 5.28. The first-order chi connectivity index (χ1) is 10.2. The minimum Gasteiger partial charge on any atom is -0.492 e. The molecule has 6 nitrogen and oxygen atoms in total. The molecule has 3 rings (SSSR count). The predicted octanol–water partition coefficient (Wildman–Crippen LogP) is 0.550. The topological polar surface area (TPSA) is 76.1 Å². The Bertz CT molecular complexity index is 559. The van der Waals surface area contributed by atoms with Gasteiger partial charge in [0.2, 0.25) is 5.91 Å². The lowest BCUT2D eigenvalue weighted by atomic mass is 9.95. The molecule has 2 aliphatic heterocycles. The number of nitrogens with zero attached hydrogens (tertiary/aromatic N) is 1. The van der Waals surface area contributed by atoms with Crippen molar-refractivity contribution in [2.45, 2.75) is 12.5 Å². The number of carbonyl (C=O) groups is 2. The van der Waals surface area contributed by atoms with Crippen molar-refractivity contribution in [3.05, 3.63) is 29.8 Å². The van der Waals surface area contributed by atoms with Crippen molar-refractivity contribution in [1.29, 1.82) is 0 Å². The van der Waals surface area contributed by atoms with Gasteiger partial charge in [-0.1, -0.05) is 18.2 Å². The number of morpholine rings is 1. The average molecular weight is 291 g/mol. The average Bonchev–Trinajstić information content (AvgIpc) is 2.53. The molecule has 0 spiro atoms. The molecule has 1 aromatic carbocycles. The normalized spacial score (nSPS) is 24.9. The maximum atomic E-state index is 12.6. The third-order valence-corrected chi connectivity index (χ3v) is 3.92. The van der Waals surface area contributed by atoms with Crippen molar-refractivity contribution in [2.75, 3.05) is 26.4 Å². The lowest BCUT2D eigenvalue weighted by molar-refractivity contribution is -0.161. The minimum absolute atomic E-state index is 0.0469. The minimum atomic E-state index is -1.03. The fourth-order valence-corrected chi connectivity index (χ4v) is 2.79. The van der Waals surface area contributed by atoms with E-state index in [0.29, 0.717) is 26.2 Å². The van der Waals surface area contributed by atoms with Gasteiger partial charge in [0.05, 0.1) is 19.1 Å². The summed E-state index contributed by atoms with van der Waals surface area (Å²) in [6, 6.07) is 6.71. The first kappa shape index (κ1) is 13.9. The van der Waals surface area contributed by atoms with Crippen LogP contribution >= 0.6 is 0 Å². The van der Waals surface area contributed by atoms with Crippen LogP contribution in [0.5, 0.6) is 5.75 Å². The number of para-hydroxylation sites is 1. The van der Waals surface area contributed by atoms with Crippen LogP contribution in [0.15, 0.2) is 24.3 Å². The Morgan fingerprint density at radius 3 is 2.86 bits per heavy atom. The molecule has 1 fully saturated rings. The molecule has 1 amide bonds. The highest BCUT2D eigenvalue weighted by molar-refractivity contribution is 5.86. The highest BCUT2D eigenvalue weighted by Gasteiger charge is 2.37. The number of aliphatic carboxylic acids is 1. The molecule has 1 N–H and O–H groups in total. The van der Waals surface area contributed by atoms with E-state index in [2.05, 4.69) is 0 Å². The van der Waals surface area contributed by atoms with E-state index in [1.165, 1.54) is 4.90 Å². The molecule has 2 unspecified atom stereocenters. The van der Waals surface area contributed by atoms with Gasteiger partial charge in [-0.3, -0.25) is 4.79 Å². The highest BCUT2D eigenvalue weighted by Crippen LogP contribution is 2.28. The SMILES string of the molecule is O=C(O)C1COCCN1C(=O)C1COc2ccccc2C1. The fourth-order valence-electron chi connectivity index (χ4n) is 2.79. The van der Waals surface area contributed by atoms with E-state index >= 15 is 0 Å². The highest BCUT2D eigenvalue weighted by atomic mass is 16.5.